The highest BCUT2D eigenvalue weighted by Crippen LogP contribution is 2.60. The van der Waals surface area contributed by atoms with Crippen LogP contribution >= 0.6 is 11.3 Å². The minimum atomic E-state index is -0.274. The number of benzene rings is 1. The highest BCUT2D eigenvalue weighted by Gasteiger charge is 2.54. The number of fused-ring (bicyclic) bond motifs is 1. The molecule has 4 aliphatic carbocycles. The predicted molar refractivity (Wildman–Crippen MR) is 108 cm³/mol. The maximum absolute atomic E-state index is 13.6. The summed E-state index contributed by atoms with van der Waals surface area (Å²) in [6.07, 6.45) is 8.97. The first kappa shape index (κ1) is 16.7. The standard InChI is InChI=1S/C22H22FN3OS/c23-17-3-1-16(2-4-17)18-19(26-5-6-28-21(26)24-18)25-20(27)22-10-13-7-14(11-22)9-15(8-13)12-22/h1-6,13-15H,7-12H2,(H,25,27). The van der Waals surface area contributed by atoms with Gasteiger partial charge in [-0.15, -0.1) is 11.3 Å². The number of amides is 1. The van der Waals surface area contributed by atoms with Crippen molar-refractivity contribution in [1.82, 2.24) is 9.38 Å². The summed E-state index contributed by atoms with van der Waals surface area (Å²) in [7, 11) is 0. The van der Waals surface area contributed by atoms with Gasteiger partial charge >= 0.3 is 0 Å². The number of carbonyl (C=O) groups excluding carboxylic acids is 1. The zero-order valence-electron chi connectivity index (χ0n) is 15.5. The molecule has 0 aliphatic heterocycles. The lowest BCUT2D eigenvalue weighted by atomic mass is 9.49. The van der Waals surface area contributed by atoms with Crippen LogP contribution in [0.4, 0.5) is 10.2 Å². The molecule has 4 bridgehead atoms. The van der Waals surface area contributed by atoms with Crippen LogP contribution < -0.4 is 5.32 Å². The predicted octanol–water partition coefficient (Wildman–Crippen LogP) is 5.36. The van der Waals surface area contributed by atoms with Gasteiger partial charge in [0, 0.05) is 17.1 Å². The first-order valence-corrected chi connectivity index (χ1v) is 11.0. The highest BCUT2D eigenvalue weighted by atomic mass is 32.1. The van der Waals surface area contributed by atoms with Crippen LogP contribution in [-0.4, -0.2) is 15.3 Å². The number of thiazole rings is 1. The Morgan fingerprint density at radius 2 is 1.75 bits per heavy atom. The Kier molecular flexibility index (Phi) is 3.52. The minimum absolute atomic E-state index is 0.156. The number of hydrogen-bond donors (Lipinski definition) is 1. The quantitative estimate of drug-likeness (QED) is 0.649. The number of aromatic nitrogens is 2. The molecule has 4 fully saturated rings. The number of carbonyl (C=O) groups is 1. The second kappa shape index (κ2) is 5.89. The maximum atomic E-state index is 13.6. The molecule has 28 heavy (non-hydrogen) atoms. The summed E-state index contributed by atoms with van der Waals surface area (Å²) in [6, 6.07) is 6.32. The lowest BCUT2D eigenvalue weighted by Crippen LogP contribution is -2.51. The normalized spacial score (nSPS) is 30.8. The lowest BCUT2D eigenvalue weighted by molar-refractivity contribution is -0.140. The molecule has 1 N–H and O–H groups in total. The van der Waals surface area contributed by atoms with Crippen molar-refractivity contribution in [3.8, 4) is 11.3 Å². The van der Waals surface area contributed by atoms with Crippen LogP contribution in [0, 0.1) is 29.0 Å². The van der Waals surface area contributed by atoms with E-state index in [1.807, 2.05) is 16.0 Å². The second-order valence-electron chi connectivity index (χ2n) is 9.02. The molecular formula is C22H22FN3OS. The molecule has 144 valence electrons. The van der Waals surface area contributed by atoms with E-state index in [1.54, 1.807) is 12.1 Å². The third-order valence-corrected chi connectivity index (χ3v) is 7.89. The Morgan fingerprint density at radius 3 is 2.39 bits per heavy atom. The topological polar surface area (TPSA) is 46.4 Å². The van der Waals surface area contributed by atoms with E-state index >= 15 is 0 Å². The second-order valence-corrected chi connectivity index (χ2v) is 9.90. The molecule has 0 atom stereocenters. The Bertz CT molecular complexity index is 1030. The molecule has 2 aromatic heterocycles. The molecular weight excluding hydrogens is 373 g/mol. The van der Waals surface area contributed by atoms with E-state index in [0.29, 0.717) is 11.5 Å². The molecule has 4 saturated carbocycles. The number of anilines is 1. The summed E-state index contributed by atoms with van der Waals surface area (Å²) in [5, 5.41) is 5.23. The van der Waals surface area contributed by atoms with Crippen LogP contribution in [0.5, 0.6) is 0 Å². The van der Waals surface area contributed by atoms with Crippen molar-refractivity contribution >= 4 is 28.0 Å². The molecule has 3 aromatic rings. The van der Waals surface area contributed by atoms with E-state index in [2.05, 4.69) is 5.32 Å². The minimum Gasteiger partial charge on any atom is -0.309 e. The van der Waals surface area contributed by atoms with E-state index in [0.717, 1.165) is 47.5 Å². The van der Waals surface area contributed by atoms with Crippen molar-refractivity contribution in [2.45, 2.75) is 38.5 Å². The Labute approximate surface area is 166 Å². The Balaban J connectivity index is 1.38. The monoisotopic (exact) mass is 395 g/mol. The lowest BCUT2D eigenvalue weighted by Gasteiger charge is -2.55. The van der Waals surface area contributed by atoms with Gasteiger partial charge in [-0.25, -0.2) is 9.37 Å². The van der Waals surface area contributed by atoms with Crippen LogP contribution in [0.1, 0.15) is 38.5 Å². The molecule has 1 aromatic carbocycles. The molecule has 4 aliphatic rings. The Morgan fingerprint density at radius 1 is 1.11 bits per heavy atom. The molecule has 1 amide bonds. The zero-order valence-corrected chi connectivity index (χ0v) is 16.3. The third kappa shape index (κ3) is 2.47. The van der Waals surface area contributed by atoms with Crippen LogP contribution in [-0.2, 0) is 4.79 Å². The van der Waals surface area contributed by atoms with Gasteiger partial charge in [-0.1, -0.05) is 0 Å². The van der Waals surface area contributed by atoms with Gasteiger partial charge in [0.25, 0.3) is 0 Å². The summed E-state index contributed by atoms with van der Waals surface area (Å²) in [6.45, 7) is 0. The van der Waals surface area contributed by atoms with Crippen molar-refractivity contribution in [3.05, 3.63) is 41.7 Å². The first-order chi connectivity index (χ1) is 13.6. The molecule has 6 heteroatoms. The van der Waals surface area contributed by atoms with Crippen LogP contribution in [0.25, 0.3) is 16.2 Å². The van der Waals surface area contributed by atoms with Crippen molar-refractivity contribution in [2.75, 3.05) is 5.32 Å². The fourth-order valence-electron chi connectivity index (χ4n) is 6.34. The van der Waals surface area contributed by atoms with Gasteiger partial charge in [0.05, 0.1) is 5.41 Å². The van der Waals surface area contributed by atoms with Crippen molar-refractivity contribution in [2.24, 2.45) is 23.2 Å². The van der Waals surface area contributed by atoms with E-state index in [9.17, 15) is 9.18 Å². The summed E-state index contributed by atoms with van der Waals surface area (Å²) in [4.78, 5) is 19.1. The third-order valence-electron chi connectivity index (χ3n) is 7.13. The van der Waals surface area contributed by atoms with Crippen molar-refractivity contribution < 1.29 is 9.18 Å². The van der Waals surface area contributed by atoms with Crippen molar-refractivity contribution in [3.63, 3.8) is 0 Å². The fraction of sp³-hybridized carbons (Fsp3) is 0.455. The van der Waals surface area contributed by atoms with Gasteiger partial charge in [0.15, 0.2) is 4.96 Å². The average Bonchev–Trinajstić information content (AvgIpc) is 3.24. The summed E-state index contributed by atoms with van der Waals surface area (Å²) in [5.74, 6) is 2.76. The van der Waals surface area contributed by atoms with E-state index in [1.165, 1.54) is 42.7 Å². The number of rotatable bonds is 3. The first-order valence-electron chi connectivity index (χ1n) is 10.1. The maximum Gasteiger partial charge on any atom is 0.231 e. The van der Waals surface area contributed by atoms with Crippen LogP contribution in [0.15, 0.2) is 35.8 Å². The molecule has 0 radical (unpaired) electrons. The van der Waals surface area contributed by atoms with Gasteiger partial charge < -0.3 is 5.32 Å². The number of nitrogens with zero attached hydrogens (tertiary/aromatic N) is 2. The molecule has 0 spiro atoms. The largest absolute Gasteiger partial charge is 0.309 e. The van der Waals surface area contributed by atoms with Gasteiger partial charge in [-0.05, 0) is 80.5 Å². The zero-order chi connectivity index (χ0) is 18.9. The molecule has 4 nitrogen and oxygen atoms in total. The number of nitrogens with one attached hydrogen (secondary N) is 1. The smallest absolute Gasteiger partial charge is 0.231 e. The molecule has 7 rings (SSSR count). The number of hydrogen-bond acceptors (Lipinski definition) is 3. The van der Waals surface area contributed by atoms with Crippen LogP contribution in [0.3, 0.4) is 0 Å². The number of imidazole rings is 1. The van der Waals surface area contributed by atoms with E-state index in [-0.39, 0.29) is 17.1 Å². The van der Waals surface area contributed by atoms with Crippen molar-refractivity contribution in [1.29, 1.82) is 0 Å². The Hall–Kier alpha value is -2.21. The highest BCUT2D eigenvalue weighted by molar-refractivity contribution is 7.15. The summed E-state index contributed by atoms with van der Waals surface area (Å²) in [5.41, 5.74) is 1.32. The fourth-order valence-corrected chi connectivity index (χ4v) is 7.06. The van der Waals surface area contributed by atoms with Gasteiger partial charge in [0.2, 0.25) is 5.91 Å². The summed E-state index contributed by atoms with van der Waals surface area (Å²) >= 11 is 1.53. The van der Waals surface area contributed by atoms with Crippen LogP contribution in [0.2, 0.25) is 0 Å². The van der Waals surface area contributed by atoms with Gasteiger partial charge in [0.1, 0.15) is 17.3 Å². The number of halogens is 1. The average molecular weight is 396 g/mol. The SMILES string of the molecule is O=C(Nc1c(-c2ccc(F)cc2)nc2sccn12)C12CC3CC(CC(C3)C1)C2. The van der Waals surface area contributed by atoms with Gasteiger partial charge in [-0.2, -0.15) is 0 Å². The summed E-state index contributed by atoms with van der Waals surface area (Å²) < 4.78 is 15.3. The van der Waals surface area contributed by atoms with Gasteiger partial charge in [-0.3, -0.25) is 9.20 Å². The van der Waals surface area contributed by atoms with E-state index < -0.39 is 0 Å². The molecule has 2 heterocycles. The molecule has 0 unspecified atom stereocenters. The van der Waals surface area contributed by atoms with E-state index in [4.69, 9.17) is 4.98 Å². The molecule has 0 saturated heterocycles.